The Kier molecular flexibility index (Phi) is 5.04. The van der Waals surface area contributed by atoms with Crippen molar-refractivity contribution < 1.29 is 14.3 Å². The maximum Gasteiger partial charge on any atom is 0.255 e. The predicted molar refractivity (Wildman–Crippen MR) is 86.6 cm³/mol. The van der Waals surface area contributed by atoms with E-state index in [0.29, 0.717) is 17.1 Å². The zero-order chi connectivity index (χ0) is 16.1. The Hall–Kier alpha value is -2.49. The van der Waals surface area contributed by atoms with E-state index >= 15 is 0 Å². The van der Waals surface area contributed by atoms with Crippen molar-refractivity contribution in [2.45, 2.75) is 19.9 Å². The van der Waals surface area contributed by atoms with Gasteiger partial charge in [-0.25, -0.2) is 0 Å². The Labute approximate surface area is 131 Å². The van der Waals surface area contributed by atoms with E-state index in [2.05, 4.69) is 5.32 Å². The van der Waals surface area contributed by atoms with Crippen LogP contribution in [0.15, 0.2) is 42.5 Å². The summed E-state index contributed by atoms with van der Waals surface area (Å²) in [7, 11) is 3.11. The van der Waals surface area contributed by atoms with Crippen LogP contribution in [0.4, 0.5) is 0 Å². The molecule has 2 aromatic rings. The van der Waals surface area contributed by atoms with Gasteiger partial charge in [-0.15, -0.1) is 0 Å². The average molecular weight is 299 g/mol. The number of methoxy groups -OCH3 is 2. The van der Waals surface area contributed by atoms with E-state index in [4.69, 9.17) is 9.47 Å². The fourth-order valence-electron chi connectivity index (χ4n) is 2.20. The van der Waals surface area contributed by atoms with Crippen molar-refractivity contribution in [1.82, 2.24) is 5.32 Å². The van der Waals surface area contributed by atoms with Gasteiger partial charge in [0.2, 0.25) is 0 Å². The van der Waals surface area contributed by atoms with Crippen molar-refractivity contribution in [3.63, 3.8) is 0 Å². The highest BCUT2D eigenvalue weighted by molar-refractivity contribution is 5.97. The Morgan fingerprint density at radius 2 is 1.73 bits per heavy atom. The van der Waals surface area contributed by atoms with Gasteiger partial charge in [0.1, 0.15) is 11.5 Å². The molecule has 1 N–H and O–H groups in total. The first-order valence-electron chi connectivity index (χ1n) is 7.14. The third-order valence-electron chi connectivity index (χ3n) is 3.58. The molecule has 0 saturated carbocycles. The monoisotopic (exact) mass is 299 g/mol. The number of benzene rings is 2. The first-order chi connectivity index (χ1) is 10.5. The molecule has 0 aliphatic heterocycles. The van der Waals surface area contributed by atoms with E-state index in [1.807, 2.05) is 38.1 Å². The quantitative estimate of drug-likeness (QED) is 0.919. The Morgan fingerprint density at radius 1 is 1.05 bits per heavy atom. The second-order valence-electron chi connectivity index (χ2n) is 5.17. The van der Waals surface area contributed by atoms with Crippen molar-refractivity contribution >= 4 is 5.91 Å². The Balaban J connectivity index is 2.16. The smallest absolute Gasteiger partial charge is 0.255 e. The van der Waals surface area contributed by atoms with Gasteiger partial charge in [0.25, 0.3) is 5.91 Å². The SMILES string of the molecule is COc1ccc(C(=O)NC(C)c2ccc(C)cc2)c(OC)c1. The summed E-state index contributed by atoms with van der Waals surface area (Å²) in [6.45, 7) is 3.99. The molecule has 0 aromatic heterocycles. The maximum absolute atomic E-state index is 12.4. The Bertz CT molecular complexity index is 650. The number of nitrogens with one attached hydrogen (secondary N) is 1. The molecule has 116 valence electrons. The van der Waals surface area contributed by atoms with Gasteiger partial charge in [0, 0.05) is 6.07 Å². The molecule has 0 fully saturated rings. The summed E-state index contributed by atoms with van der Waals surface area (Å²) in [5, 5.41) is 2.98. The summed E-state index contributed by atoms with van der Waals surface area (Å²) in [6, 6.07) is 13.2. The van der Waals surface area contributed by atoms with Gasteiger partial charge in [-0.3, -0.25) is 4.79 Å². The molecule has 22 heavy (non-hydrogen) atoms. The highest BCUT2D eigenvalue weighted by atomic mass is 16.5. The minimum absolute atomic E-state index is 0.0834. The second kappa shape index (κ2) is 6.98. The van der Waals surface area contributed by atoms with Crippen molar-refractivity contribution in [1.29, 1.82) is 0 Å². The zero-order valence-electron chi connectivity index (χ0n) is 13.3. The van der Waals surface area contributed by atoms with E-state index < -0.39 is 0 Å². The molecule has 0 aliphatic carbocycles. The molecule has 1 unspecified atom stereocenters. The van der Waals surface area contributed by atoms with Crippen molar-refractivity contribution in [2.75, 3.05) is 14.2 Å². The first kappa shape index (κ1) is 15.9. The van der Waals surface area contributed by atoms with Crippen LogP contribution in [-0.4, -0.2) is 20.1 Å². The molecule has 0 radical (unpaired) electrons. The molecular formula is C18H21NO3. The fraction of sp³-hybridized carbons (Fsp3) is 0.278. The molecule has 2 rings (SSSR count). The molecule has 0 bridgehead atoms. The van der Waals surface area contributed by atoms with E-state index in [-0.39, 0.29) is 11.9 Å². The summed E-state index contributed by atoms with van der Waals surface area (Å²) in [4.78, 5) is 12.4. The minimum atomic E-state index is -0.174. The fourth-order valence-corrected chi connectivity index (χ4v) is 2.20. The van der Waals surface area contributed by atoms with E-state index in [1.54, 1.807) is 25.3 Å². The number of carbonyl (C=O) groups is 1. The van der Waals surface area contributed by atoms with Gasteiger partial charge < -0.3 is 14.8 Å². The van der Waals surface area contributed by atoms with Crippen molar-refractivity contribution in [2.24, 2.45) is 0 Å². The maximum atomic E-state index is 12.4. The van der Waals surface area contributed by atoms with Crippen molar-refractivity contribution in [3.8, 4) is 11.5 Å². The minimum Gasteiger partial charge on any atom is -0.497 e. The number of hydrogen-bond acceptors (Lipinski definition) is 3. The number of carbonyl (C=O) groups excluding carboxylic acids is 1. The highest BCUT2D eigenvalue weighted by Crippen LogP contribution is 2.25. The number of hydrogen-bond donors (Lipinski definition) is 1. The van der Waals surface area contributed by atoms with Gasteiger partial charge in [0.15, 0.2) is 0 Å². The second-order valence-corrected chi connectivity index (χ2v) is 5.17. The summed E-state index contributed by atoms with van der Waals surface area (Å²) in [5.41, 5.74) is 2.74. The predicted octanol–water partition coefficient (Wildman–Crippen LogP) is 3.50. The lowest BCUT2D eigenvalue weighted by atomic mass is 10.1. The Morgan fingerprint density at radius 3 is 2.32 bits per heavy atom. The third kappa shape index (κ3) is 3.58. The van der Waals surface area contributed by atoms with Crippen LogP contribution in [0.2, 0.25) is 0 Å². The van der Waals surface area contributed by atoms with Gasteiger partial charge in [-0.2, -0.15) is 0 Å². The number of rotatable bonds is 5. The van der Waals surface area contributed by atoms with Crippen LogP contribution in [0.5, 0.6) is 11.5 Å². The largest absolute Gasteiger partial charge is 0.497 e. The summed E-state index contributed by atoms with van der Waals surface area (Å²) >= 11 is 0. The molecule has 0 saturated heterocycles. The third-order valence-corrected chi connectivity index (χ3v) is 3.58. The molecular weight excluding hydrogens is 278 g/mol. The molecule has 0 aliphatic rings. The number of ether oxygens (including phenoxy) is 2. The summed E-state index contributed by atoms with van der Waals surface area (Å²) < 4.78 is 10.4. The van der Waals surface area contributed by atoms with Crippen molar-refractivity contribution in [3.05, 3.63) is 59.2 Å². The lowest BCUT2D eigenvalue weighted by Crippen LogP contribution is -2.27. The van der Waals surface area contributed by atoms with Gasteiger partial charge in [-0.1, -0.05) is 29.8 Å². The van der Waals surface area contributed by atoms with E-state index in [1.165, 1.54) is 12.7 Å². The van der Waals surface area contributed by atoms with E-state index in [0.717, 1.165) is 5.56 Å². The standard InChI is InChI=1S/C18H21NO3/c1-12-5-7-14(8-6-12)13(2)19-18(20)16-10-9-15(21-3)11-17(16)22-4/h5-11,13H,1-4H3,(H,19,20). The van der Waals surface area contributed by atoms with Crippen LogP contribution >= 0.6 is 0 Å². The topological polar surface area (TPSA) is 47.6 Å². The van der Waals surface area contributed by atoms with Gasteiger partial charge in [-0.05, 0) is 31.5 Å². The average Bonchev–Trinajstić information content (AvgIpc) is 2.54. The van der Waals surface area contributed by atoms with Gasteiger partial charge >= 0.3 is 0 Å². The number of amides is 1. The van der Waals surface area contributed by atoms with Crippen LogP contribution < -0.4 is 14.8 Å². The van der Waals surface area contributed by atoms with Gasteiger partial charge in [0.05, 0.1) is 25.8 Å². The molecule has 2 aromatic carbocycles. The van der Waals surface area contributed by atoms with Crippen LogP contribution in [-0.2, 0) is 0 Å². The lowest BCUT2D eigenvalue weighted by molar-refractivity contribution is 0.0937. The van der Waals surface area contributed by atoms with Crippen LogP contribution in [0, 0.1) is 6.92 Å². The zero-order valence-corrected chi connectivity index (χ0v) is 13.3. The van der Waals surface area contributed by atoms with E-state index in [9.17, 15) is 4.79 Å². The molecule has 0 spiro atoms. The molecule has 4 heteroatoms. The lowest BCUT2D eigenvalue weighted by Gasteiger charge is -2.16. The molecule has 1 amide bonds. The van der Waals surface area contributed by atoms with Crippen LogP contribution in [0.1, 0.15) is 34.5 Å². The first-order valence-corrected chi connectivity index (χ1v) is 7.14. The summed E-state index contributed by atoms with van der Waals surface area (Å²) in [5.74, 6) is 0.973. The van der Waals surface area contributed by atoms with Crippen LogP contribution in [0.25, 0.3) is 0 Å². The number of aryl methyl sites for hydroxylation is 1. The normalized spacial score (nSPS) is 11.6. The summed E-state index contributed by atoms with van der Waals surface area (Å²) in [6.07, 6.45) is 0. The molecule has 0 heterocycles. The molecule has 1 atom stereocenters. The highest BCUT2D eigenvalue weighted by Gasteiger charge is 2.16. The molecule has 4 nitrogen and oxygen atoms in total. The van der Waals surface area contributed by atoms with Crippen LogP contribution in [0.3, 0.4) is 0 Å².